The Morgan fingerprint density at radius 3 is 2.72 bits per heavy atom. The van der Waals surface area contributed by atoms with Crippen LogP contribution in [0.4, 0.5) is 21.7 Å². The minimum Gasteiger partial charge on any atom is -0.324 e. The van der Waals surface area contributed by atoms with E-state index >= 15 is 0 Å². The molecule has 0 unspecified atom stereocenters. The van der Waals surface area contributed by atoms with Gasteiger partial charge in [-0.2, -0.15) is 0 Å². The molecule has 25 heavy (non-hydrogen) atoms. The molecular weight excluding hydrogens is 343 g/mol. The molecule has 2 N–H and O–H groups in total. The zero-order valence-electron chi connectivity index (χ0n) is 13.3. The zero-order chi connectivity index (χ0) is 17.8. The number of aryl methyl sites for hydroxylation is 1. The highest BCUT2D eigenvalue weighted by Gasteiger charge is 2.11. The summed E-state index contributed by atoms with van der Waals surface area (Å²) in [7, 11) is 0. The number of carbonyl (C=O) groups excluding carboxylic acids is 1. The van der Waals surface area contributed by atoms with E-state index in [0.717, 1.165) is 5.56 Å². The maximum absolute atomic E-state index is 13.6. The Labute approximate surface area is 148 Å². The van der Waals surface area contributed by atoms with E-state index in [-0.39, 0.29) is 17.3 Å². The van der Waals surface area contributed by atoms with Gasteiger partial charge in [0.25, 0.3) is 5.91 Å². The minimum atomic E-state index is -0.530. The van der Waals surface area contributed by atoms with Crippen molar-refractivity contribution >= 4 is 34.8 Å². The van der Waals surface area contributed by atoms with Crippen molar-refractivity contribution in [3.8, 4) is 0 Å². The Hall–Kier alpha value is -2.99. The van der Waals surface area contributed by atoms with Crippen molar-refractivity contribution in [2.24, 2.45) is 0 Å². The van der Waals surface area contributed by atoms with Crippen LogP contribution in [0.15, 0.2) is 54.7 Å². The monoisotopic (exact) mass is 356 g/mol. The molecule has 7 heteroatoms. The van der Waals surface area contributed by atoms with Crippen LogP contribution in [0.5, 0.6) is 0 Å². The fourth-order valence-corrected chi connectivity index (χ4v) is 2.27. The molecule has 0 atom stereocenters. The second-order valence-corrected chi connectivity index (χ2v) is 5.70. The third-order valence-electron chi connectivity index (χ3n) is 3.44. The number of rotatable bonds is 4. The molecule has 0 bridgehead atoms. The largest absolute Gasteiger partial charge is 0.324 e. The SMILES string of the molecule is Cc1ccc(Nc2nccc(C(=O)Nc3ccccc3F)n2)cc1Cl. The summed E-state index contributed by atoms with van der Waals surface area (Å²) in [4.78, 5) is 20.5. The van der Waals surface area contributed by atoms with Crippen molar-refractivity contribution in [1.29, 1.82) is 0 Å². The highest BCUT2D eigenvalue weighted by molar-refractivity contribution is 6.31. The van der Waals surface area contributed by atoms with Crippen molar-refractivity contribution < 1.29 is 9.18 Å². The first-order valence-corrected chi connectivity index (χ1v) is 7.83. The van der Waals surface area contributed by atoms with E-state index < -0.39 is 11.7 Å². The number of hydrogen-bond acceptors (Lipinski definition) is 4. The lowest BCUT2D eigenvalue weighted by Crippen LogP contribution is -2.15. The lowest BCUT2D eigenvalue weighted by molar-refractivity contribution is 0.102. The first-order valence-electron chi connectivity index (χ1n) is 7.45. The molecule has 0 aliphatic carbocycles. The second kappa shape index (κ2) is 7.27. The van der Waals surface area contributed by atoms with Crippen LogP contribution in [0.2, 0.25) is 5.02 Å². The standard InChI is InChI=1S/C18H14ClFN4O/c1-11-6-7-12(10-13(11)19)22-18-21-9-8-16(24-18)17(25)23-15-5-3-2-4-14(15)20/h2-10H,1H3,(H,23,25)(H,21,22,24). The average Bonchev–Trinajstić information content (AvgIpc) is 2.60. The van der Waals surface area contributed by atoms with E-state index in [4.69, 9.17) is 11.6 Å². The van der Waals surface area contributed by atoms with Gasteiger partial charge in [0.15, 0.2) is 0 Å². The first kappa shape index (κ1) is 16.9. The summed E-state index contributed by atoms with van der Waals surface area (Å²) in [5, 5.41) is 6.07. The van der Waals surface area contributed by atoms with E-state index in [1.54, 1.807) is 18.2 Å². The molecule has 0 aliphatic heterocycles. The van der Waals surface area contributed by atoms with Gasteiger partial charge in [0.1, 0.15) is 11.5 Å². The van der Waals surface area contributed by atoms with Crippen molar-refractivity contribution in [2.75, 3.05) is 10.6 Å². The van der Waals surface area contributed by atoms with Crippen LogP contribution in [0.1, 0.15) is 16.1 Å². The molecule has 2 aromatic carbocycles. The molecule has 5 nitrogen and oxygen atoms in total. The van der Waals surface area contributed by atoms with Crippen LogP contribution in [-0.4, -0.2) is 15.9 Å². The number of nitrogens with zero attached hydrogens (tertiary/aromatic N) is 2. The van der Waals surface area contributed by atoms with Gasteiger partial charge in [-0.15, -0.1) is 0 Å². The molecule has 1 aromatic heterocycles. The molecule has 1 amide bonds. The third kappa shape index (κ3) is 4.10. The third-order valence-corrected chi connectivity index (χ3v) is 3.85. The molecular formula is C18H14ClFN4O. The summed E-state index contributed by atoms with van der Waals surface area (Å²) in [6.45, 7) is 1.90. The molecule has 0 spiro atoms. The number of aromatic nitrogens is 2. The number of benzene rings is 2. The predicted octanol–water partition coefficient (Wildman–Crippen LogP) is 4.57. The molecule has 0 radical (unpaired) electrons. The molecule has 3 aromatic rings. The second-order valence-electron chi connectivity index (χ2n) is 5.29. The Morgan fingerprint density at radius 1 is 1.16 bits per heavy atom. The number of amides is 1. The number of halogens is 2. The summed E-state index contributed by atoms with van der Waals surface area (Å²) < 4.78 is 13.6. The maximum atomic E-state index is 13.6. The summed E-state index contributed by atoms with van der Waals surface area (Å²) in [6, 6.07) is 12.8. The molecule has 3 rings (SSSR count). The van der Waals surface area contributed by atoms with Crippen LogP contribution in [0, 0.1) is 12.7 Å². The van der Waals surface area contributed by atoms with E-state index in [1.165, 1.54) is 24.4 Å². The molecule has 1 heterocycles. The van der Waals surface area contributed by atoms with Gasteiger partial charge in [0.2, 0.25) is 5.95 Å². The number of anilines is 3. The molecule has 126 valence electrons. The van der Waals surface area contributed by atoms with Gasteiger partial charge in [-0.3, -0.25) is 4.79 Å². The Bertz CT molecular complexity index is 932. The van der Waals surface area contributed by atoms with Gasteiger partial charge in [0, 0.05) is 16.9 Å². The smallest absolute Gasteiger partial charge is 0.274 e. The van der Waals surface area contributed by atoms with Crippen LogP contribution in [0.25, 0.3) is 0 Å². The van der Waals surface area contributed by atoms with E-state index in [9.17, 15) is 9.18 Å². The Morgan fingerprint density at radius 2 is 1.96 bits per heavy atom. The first-order chi connectivity index (χ1) is 12.0. The van der Waals surface area contributed by atoms with Crippen LogP contribution in [-0.2, 0) is 0 Å². The normalized spacial score (nSPS) is 10.4. The lowest BCUT2D eigenvalue weighted by Gasteiger charge is -2.09. The van der Waals surface area contributed by atoms with Gasteiger partial charge < -0.3 is 10.6 Å². The van der Waals surface area contributed by atoms with Gasteiger partial charge in [-0.1, -0.05) is 29.8 Å². The van der Waals surface area contributed by atoms with Crippen molar-refractivity contribution in [2.45, 2.75) is 6.92 Å². The predicted molar refractivity (Wildman–Crippen MR) is 95.9 cm³/mol. The minimum absolute atomic E-state index is 0.0888. The number of hydrogen-bond donors (Lipinski definition) is 2. The summed E-state index contributed by atoms with van der Waals surface area (Å²) in [6.07, 6.45) is 1.45. The molecule has 0 fully saturated rings. The number of para-hydroxylation sites is 1. The van der Waals surface area contributed by atoms with Crippen LogP contribution in [0.3, 0.4) is 0 Å². The Balaban J connectivity index is 1.77. The quantitative estimate of drug-likeness (QED) is 0.718. The van der Waals surface area contributed by atoms with Crippen molar-refractivity contribution in [3.05, 3.63) is 76.8 Å². The highest BCUT2D eigenvalue weighted by atomic mass is 35.5. The fourth-order valence-electron chi connectivity index (χ4n) is 2.09. The lowest BCUT2D eigenvalue weighted by atomic mass is 10.2. The van der Waals surface area contributed by atoms with E-state index in [2.05, 4.69) is 20.6 Å². The summed E-state index contributed by atoms with van der Waals surface area (Å²) in [5.74, 6) is -0.809. The Kier molecular flexibility index (Phi) is 4.90. The van der Waals surface area contributed by atoms with Gasteiger partial charge in [-0.25, -0.2) is 14.4 Å². The van der Waals surface area contributed by atoms with Gasteiger partial charge >= 0.3 is 0 Å². The average molecular weight is 357 g/mol. The molecule has 0 aliphatic rings. The van der Waals surface area contributed by atoms with Crippen molar-refractivity contribution in [3.63, 3.8) is 0 Å². The van der Waals surface area contributed by atoms with Gasteiger partial charge in [0.05, 0.1) is 5.69 Å². The zero-order valence-corrected chi connectivity index (χ0v) is 14.0. The van der Waals surface area contributed by atoms with Crippen LogP contribution < -0.4 is 10.6 Å². The molecule has 0 saturated carbocycles. The van der Waals surface area contributed by atoms with Crippen molar-refractivity contribution in [1.82, 2.24) is 9.97 Å². The number of carbonyl (C=O) groups is 1. The maximum Gasteiger partial charge on any atom is 0.274 e. The number of nitrogens with one attached hydrogen (secondary N) is 2. The van der Waals surface area contributed by atoms with Gasteiger partial charge in [-0.05, 0) is 42.8 Å². The van der Waals surface area contributed by atoms with E-state index in [0.29, 0.717) is 10.7 Å². The van der Waals surface area contributed by atoms with E-state index in [1.807, 2.05) is 19.1 Å². The highest BCUT2D eigenvalue weighted by Crippen LogP contribution is 2.22. The van der Waals surface area contributed by atoms with Crippen LogP contribution >= 0.6 is 11.6 Å². The summed E-state index contributed by atoms with van der Waals surface area (Å²) in [5.41, 5.74) is 1.85. The molecule has 0 saturated heterocycles. The summed E-state index contributed by atoms with van der Waals surface area (Å²) >= 11 is 6.09. The fraction of sp³-hybridized carbons (Fsp3) is 0.0556. The topological polar surface area (TPSA) is 66.9 Å².